The van der Waals surface area contributed by atoms with Crippen molar-refractivity contribution in [3.63, 3.8) is 0 Å². The first-order valence-electron chi connectivity index (χ1n) is 6.08. The van der Waals surface area contributed by atoms with Crippen LogP contribution in [0.2, 0.25) is 0 Å². The second-order valence-electron chi connectivity index (χ2n) is 4.99. The lowest BCUT2D eigenvalue weighted by molar-refractivity contribution is -0.155. The van der Waals surface area contributed by atoms with Crippen LogP contribution in [0.1, 0.15) is 24.5 Å². The second kappa shape index (κ2) is 4.49. The van der Waals surface area contributed by atoms with Crippen molar-refractivity contribution in [2.75, 3.05) is 13.1 Å². The van der Waals surface area contributed by atoms with Crippen molar-refractivity contribution in [1.82, 2.24) is 4.90 Å². The zero-order valence-electron chi connectivity index (χ0n) is 10.4. The molecule has 1 amide bonds. The molecule has 1 aromatic carbocycles. The maximum atomic E-state index is 11.9. The van der Waals surface area contributed by atoms with Gasteiger partial charge in [0, 0.05) is 0 Å². The lowest BCUT2D eigenvalue weighted by atomic mass is 9.91. The SMILES string of the molecule is CCC1(O)CN(C(=O)Cc2ccc(C)cc2)C1. The fourth-order valence-electron chi connectivity index (χ4n) is 2.06. The first-order valence-corrected chi connectivity index (χ1v) is 6.08. The van der Waals surface area contributed by atoms with E-state index in [-0.39, 0.29) is 5.91 Å². The average Bonchev–Trinajstić information content (AvgIpc) is 2.28. The standard InChI is InChI=1S/C14H19NO2/c1-3-14(17)9-15(10-14)13(16)8-12-6-4-11(2)5-7-12/h4-7,17H,3,8-10H2,1-2H3. The largest absolute Gasteiger partial charge is 0.386 e. The first-order chi connectivity index (χ1) is 8.02. The van der Waals surface area contributed by atoms with E-state index < -0.39 is 5.60 Å². The Balaban J connectivity index is 1.89. The van der Waals surface area contributed by atoms with Crippen molar-refractivity contribution in [2.45, 2.75) is 32.3 Å². The predicted octanol–water partition coefficient (Wildman–Crippen LogP) is 1.52. The summed E-state index contributed by atoms with van der Waals surface area (Å²) in [6, 6.07) is 8.00. The summed E-state index contributed by atoms with van der Waals surface area (Å²) in [6.07, 6.45) is 1.14. The van der Waals surface area contributed by atoms with Crippen LogP contribution in [0.4, 0.5) is 0 Å². The third-order valence-electron chi connectivity index (χ3n) is 3.46. The van der Waals surface area contributed by atoms with E-state index in [1.54, 1.807) is 4.90 Å². The number of carbonyl (C=O) groups excluding carboxylic acids is 1. The number of aryl methyl sites for hydroxylation is 1. The molecular formula is C14H19NO2. The van der Waals surface area contributed by atoms with Gasteiger partial charge in [-0.25, -0.2) is 0 Å². The van der Waals surface area contributed by atoms with Crippen LogP contribution in [-0.4, -0.2) is 34.6 Å². The number of hydrogen-bond acceptors (Lipinski definition) is 2. The number of amides is 1. The molecule has 0 radical (unpaired) electrons. The van der Waals surface area contributed by atoms with E-state index >= 15 is 0 Å². The molecule has 0 aromatic heterocycles. The van der Waals surface area contributed by atoms with Gasteiger partial charge < -0.3 is 10.0 Å². The number of aliphatic hydroxyl groups is 1. The fraction of sp³-hybridized carbons (Fsp3) is 0.500. The van der Waals surface area contributed by atoms with Gasteiger partial charge in [0.05, 0.1) is 25.1 Å². The molecule has 0 aliphatic carbocycles. The summed E-state index contributed by atoms with van der Waals surface area (Å²) in [6.45, 7) is 4.94. The van der Waals surface area contributed by atoms with Crippen molar-refractivity contribution in [1.29, 1.82) is 0 Å². The molecule has 0 bridgehead atoms. The number of likely N-dealkylation sites (tertiary alicyclic amines) is 1. The Morgan fingerprint density at radius 3 is 2.47 bits per heavy atom. The molecule has 1 heterocycles. The van der Waals surface area contributed by atoms with E-state index in [1.165, 1.54) is 5.56 Å². The molecule has 0 spiro atoms. The molecule has 3 heteroatoms. The van der Waals surface area contributed by atoms with Gasteiger partial charge in [0.1, 0.15) is 0 Å². The van der Waals surface area contributed by atoms with E-state index in [4.69, 9.17) is 0 Å². The fourth-order valence-corrected chi connectivity index (χ4v) is 2.06. The summed E-state index contributed by atoms with van der Waals surface area (Å²) in [5.41, 5.74) is 1.60. The highest BCUT2D eigenvalue weighted by Crippen LogP contribution is 2.24. The molecule has 1 saturated heterocycles. The molecular weight excluding hydrogens is 214 g/mol. The predicted molar refractivity (Wildman–Crippen MR) is 66.7 cm³/mol. The summed E-state index contributed by atoms with van der Waals surface area (Å²) in [4.78, 5) is 13.6. The Morgan fingerprint density at radius 2 is 1.94 bits per heavy atom. The van der Waals surface area contributed by atoms with Crippen LogP contribution in [0, 0.1) is 6.92 Å². The van der Waals surface area contributed by atoms with Crippen LogP contribution in [-0.2, 0) is 11.2 Å². The molecule has 1 aliphatic rings. The highest BCUT2D eigenvalue weighted by molar-refractivity contribution is 5.79. The molecule has 1 aromatic rings. The number of carbonyl (C=O) groups is 1. The quantitative estimate of drug-likeness (QED) is 0.860. The van der Waals surface area contributed by atoms with Crippen molar-refractivity contribution in [3.05, 3.63) is 35.4 Å². The molecule has 1 N–H and O–H groups in total. The highest BCUT2D eigenvalue weighted by atomic mass is 16.3. The van der Waals surface area contributed by atoms with Crippen LogP contribution in [0.3, 0.4) is 0 Å². The Labute approximate surface area is 102 Å². The zero-order chi connectivity index (χ0) is 12.5. The Bertz CT molecular complexity index is 405. The van der Waals surface area contributed by atoms with Gasteiger partial charge in [-0.15, -0.1) is 0 Å². The van der Waals surface area contributed by atoms with Crippen molar-refractivity contribution < 1.29 is 9.90 Å². The minimum absolute atomic E-state index is 0.104. The van der Waals surface area contributed by atoms with Gasteiger partial charge in [-0.05, 0) is 18.9 Å². The van der Waals surface area contributed by atoms with E-state index in [2.05, 4.69) is 0 Å². The number of hydrogen-bond donors (Lipinski definition) is 1. The van der Waals surface area contributed by atoms with Crippen molar-refractivity contribution in [3.8, 4) is 0 Å². The van der Waals surface area contributed by atoms with Crippen LogP contribution >= 0.6 is 0 Å². The van der Waals surface area contributed by atoms with E-state index in [0.717, 1.165) is 5.56 Å². The van der Waals surface area contributed by atoms with E-state index in [9.17, 15) is 9.90 Å². The summed E-state index contributed by atoms with van der Waals surface area (Å²) >= 11 is 0. The Morgan fingerprint density at radius 1 is 1.35 bits per heavy atom. The lowest BCUT2D eigenvalue weighted by Gasteiger charge is -2.46. The number of rotatable bonds is 3. The molecule has 1 fully saturated rings. The van der Waals surface area contributed by atoms with Gasteiger partial charge in [-0.3, -0.25) is 4.79 Å². The molecule has 3 nitrogen and oxygen atoms in total. The summed E-state index contributed by atoms with van der Waals surface area (Å²) in [5, 5.41) is 9.85. The normalized spacial score (nSPS) is 17.7. The lowest BCUT2D eigenvalue weighted by Crippen LogP contribution is -2.63. The van der Waals surface area contributed by atoms with Crippen molar-refractivity contribution >= 4 is 5.91 Å². The van der Waals surface area contributed by atoms with E-state index in [1.807, 2.05) is 38.1 Å². The Kier molecular flexibility index (Phi) is 3.20. The number of nitrogens with zero attached hydrogens (tertiary/aromatic N) is 1. The van der Waals surface area contributed by atoms with Gasteiger partial charge in [-0.2, -0.15) is 0 Å². The van der Waals surface area contributed by atoms with Gasteiger partial charge in [0.15, 0.2) is 0 Å². The monoisotopic (exact) mass is 233 g/mol. The molecule has 0 atom stereocenters. The summed E-state index contributed by atoms with van der Waals surface area (Å²) in [7, 11) is 0. The molecule has 0 saturated carbocycles. The Hall–Kier alpha value is -1.35. The van der Waals surface area contributed by atoms with Crippen LogP contribution < -0.4 is 0 Å². The van der Waals surface area contributed by atoms with Crippen LogP contribution in [0.5, 0.6) is 0 Å². The van der Waals surface area contributed by atoms with Crippen LogP contribution in [0.25, 0.3) is 0 Å². The van der Waals surface area contributed by atoms with Gasteiger partial charge >= 0.3 is 0 Å². The van der Waals surface area contributed by atoms with Gasteiger partial charge in [0.2, 0.25) is 5.91 Å². The third-order valence-corrected chi connectivity index (χ3v) is 3.46. The minimum atomic E-state index is -0.636. The maximum absolute atomic E-state index is 11.9. The maximum Gasteiger partial charge on any atom is 0.227 e. The molecule has 92 valence electrons. The van der Waals surface area contributed by atoms with E-state index in [0.29, 0.717) is 25.9 Å². The van der Waals surface area contributed by atoms with Crippen LogP contribution in [0.15, 0.2) is 24.3 Å². The molecule has 17 heavy (non-hydrogen) atoms. The topological polar surface area (TPSA) is 40.5 Å². The first kappa shape index (κ1) is 12.1. The molecule has 2 rings (SSSR count). The third kappa shape index (κ3) is 2.67. The van der Waals surface area contributed by atoms with Gasteiger partial charge in [-0.1, -0.05) is 36.8 Å². The summed E-state index contributed by atoms with van der Waals surface area (Å²) < 4.78 is 0. The number of β-amino-alcohol motifs (C(OH)–C–C–N with tert-alkyl or cyclic N) is 1. The van der Waals surface area contributed by atoms with Crippen molar-refractivity contribution in [2.24, 2.45) is 0 Å². The van der Waals surface area contributed by atoms with Gasteiger partial charge in [0.25, 0.3) is 0 Å². The minimum Gasteiger partial charge on any atom is -0.386 e. The smallest absolute Gasteiger partial charge is 0.227 e. The second-order valence-corrected chi connectivity index (χ2v) is 4.99. The molecule has 0 unspecified atom stereocenters. The molecule has 1 aliphatic heterocycles. The highest BCUT2D eigenvalue weighted by Gasteiger charge is 2.41. The zero-order valence-corrected chi connectivity index (χ0v) is 10.4. The number of benzene rings is 1. The summed E-state index contributed by atoms with van der Waals surface area (Å²) in [5.74, 6) is 0.104. The average molecular weight is 233 g/mol.